The predicted molar refractivity (Wildman–Crippen MR) is 89.8 cm³/mol. The molecule has 7 heteroatoms. The average Bonchev–Trinajstić information content (AvgIpc) is 2.89. The summed E-state index contributed by atoms with van der Waals surface area (Å²) in [6.45, 7) is 3.09. The molecule has 130 valence electrons. The molecule has 2 heterocycles. The number of pyridine rings is 1. The van der Waals surface area contributed by atoms with Gasteiger partial charge in [-0.05, 0) is 30.9 Å². The molecule has 2 aromatic heterocycles. The van der Waals surface area contributed by atoms with Gasteiger partial charge in [0.05, 0.1) is 12.7 Å². The summed E-state index contributed by atoms with van der Waals surface area (Å²) in [5.41, 5.74) is 0.220. The molecular formula is C17H24N4O3. The molecule has 1 aliphatic carbocycles. The molecule has 1 amide bonds. The van der Waals surface area contributed by atoms with E-state index in [2.05, 4.69) is 17.3 Å². The third-order valence-corrected chi connectivity index (χ3v) is 4.57. The lowest BCUT2D eigenvalue weighted by Crippen LogP contribution is -2.35. The number of hydrogen-bond acceptors (Lipinski definition) is 4. The number of carbonyl (C=O) groups is 1. The van der Waals surface area contributed by atoms with Crippen molar-refractivity contribution < 1.29 is 9.53 Å². The van der Waals surface area contributed by atoms with Gasteiger partial charge in [0.1, 0.15) is 6.54 Å². The topological polar surface area (TPSA) is 77.6 Å². The van der Waals surface area contributed by atoms with Gasteiger partial charge in [0.2, 0.25) is 5.91 Å². The van der Waals surface area contributed by atoms with Gasteiger partial charge in [-0.25, -0.2) is 9.48 Å². The molecule has 0 spiro atoms. The molecule has 2 aromatic rings. The summed E-state index contributed by atoms with van der Waals surface area (Å²) in [4.78, 5) is 24.1. The molecule has 24 heavy (non-hydrogen) atoms. The Kier molecular flexibility index (Phi) is 5.30. The highest BCUT2D eigenvalue weighted by atomic mass is 16.5. The van der Waals surface area contributed by atoms with Gasteiger partial charge in [-0.1, -0.05) is 25.8 Å². The fourth-order valence-electron chi connectivity index (χ4n) is 3.19. The van der Waals surface area contributed by atoms with E-state index in [9.17, 15) is 9.59 Å². The Hall–Kier alpha value is -2.15. The van der Waals surface area contributed by atoms with Crippen molar-refractivity contribution in [2.75, 3.05) is 13.2 Å². The van der Waals surface area contributed by atoms with Crippen LogP contribution < -0.4 is 11.0 Å². The quantitative estimate of drug-likeness (QED) is 0.807. The smallest absolute Gasteiger partial charge is 0.350 e. The van der Waals surface area contributed by atoms with Crippen molar-refractivity contribution in [2.24, 2.45) is 5.92 Å². The molecule has 0 radical (unpaired) electrons. The van der Waals surface area contributed by atoms with Crippen molar-refractivity contribution in [3.8, 4) is 0 Å². The van der Waals surface area contributed by atoms with Crippen LogP contribution >= 0.6 is 0 Å². The molecule has 1 fully saturated rings. The predicted octanol–water partition coefficient (Wildman–Crippen LogP) is 1.21. The summed E-state index contributed by atoms with van der Waals surface area (Å²) >= 11 is 0. The van der Waals surface area contributed by atoms with E-state index in [4.69, 9.17) is 4.74 Å². The highest BCUT2D eigenvalue weighted by Crippen LogP contribution is 2.25. The molecule has 0 saturated heterocycles. The molecule has 0 aromatic carbocycles. The number of ether oxygens (including phenoxy) is 1. The first-order valence-corrected chi connectivity index (χ1v) is 8.57. The molecule has 3 rings (SSSR count). The molecule has 1 aliphatic rings. The normalized spacial score (nSPS) is 21.0. The highest BCUT2D eigenvalue weighted by Gasteiger charge is 2.21. The third kappa shape index (κ3) is 3.84. The van der Waals surface area contributed by atoms with E-state index in [1.54, 1.807) is 24.4 Å². The average molecular weight is 332 g/mol. The van der Waals surface area contributed by atoms with E-state index in [0.717, 1.165) is 6.42 Å². The van der Waals surface area contributed by atoms with Crippen LogP contribution in [0.1, 0.15) is 32.6 Å². The van der Waals surface area contributed by atoms with Crippen LogP contribution in [0.5, 0.6) is 0 Å². The maximum atomic E-state index is 12.1. The number of carbonyl (C=O) groups excluding carboxylic acids is 1. The van der Waals surface area contributed by atoms with Crippen LogP contribution in [0.15, 0.2) is 29.2 Å². The van der Waals surface area contributed by atoms with E-state index in [-0.39, 0.29) is 18.1 Å². The van der Waals surface area contributed by atoms with Crippen LogP contribution in [0.2, 0.25) is 0 Å². The highest BCUT2D eigenvalue weighted by molar-refractivity contribution is 5.75. The Morgan fingerprint density at radius 2 is 2.21 bits per heavy atom. The SMILES string of the molecule is C[C@H]1CCCC[C@H]1OCCNC(=O)Cn1nc2ccccn2c1=O. The van der Waals surface area contributed by atoms with Crippen LogP contribution in [0.4, 0.5) is 0 Å². The number of fused-ring (bicyclic) bond motifs is 1. The lowest BCUT2D eigenvalue weighted by molar-refractivity contribution is -0.122. The fraction of sp³-hybridized carbons (Fsp3) is 0.588. The van der Waals surface area contributed by atoms with Gasteiger partial charge in [0, 0.05) is 12.7 Å². The van der Waals surface area contributed by atoms with Crippen molar-refractivity contribution in [2.45, 2.75) is 45.3 Å². The lowest BCUT2D eigenvalue weighted by atomic mass is 9.88. The summed E-state index contributed by atoms with van der Waals surface area (Å²) in [7, 11) is 0. The van der Waals surface area contributed by atoms with E-state index < -0.39 is 0 Å². The molecule has 0 aliphatic heterocycles. The van der Waals surface area contributed by atoms with Gasteiger partial charge in [0.15, 0.2) is 5.65 Å². The molecular weight excluding hydrogens is 308 g/mol. The first-order valence-electron chi connectivity index (χ1n) is 8.57. The molecule has 1 N–H and O–H groups in total. The van der Waals surface area contributed by atoms with Gasteiger partial charge >= 0.3 is 5.69 Å². The number of rotatable bonds is 6. The third-order valence-electron chi connectivity index (χ3n) is 4.57. The maximum absolute atomic E-state index is 12.1. The first kappa shape index (κ1) is 16.7. The zero-order valence-corrected chi connectivity index (χ0v) is 14.0. The molecule has 0 unspecified atom stereocenters. The van der Waals surface area contributed by atoms with Gasteiger partial charge in [-0.3, -0.25) is 9.20 Å². The van der Waals surface area contributed by atoms with Crippen LogP contribution in [-0.2, 0) is 16.1 Å². The van der Waals surface area contributed by atoms with E-state index in [1.807, 2.05) is 0 Å². The summed E-state index contributed by atoms with van der Waals surface area (Å²) in [5.74, 6) is 0.354. The number of amides is 1. The van der Waals surface area contributed by atoms with Crippen molar-refractivity contribution >= 4 is 11.6 Å². The minimum atomic E-state index is -0.312. The Bertz CT molecular complexity index is 752. The zero-order valence-electron chi connectivity index (χ0n) is 14.0. The number of aromatic nitrogens is 3. The monoisotopic (exact) mass is 332 g/mol. The Morgan fingerprint density at radius 1 is 1.38 bits per heavy atom. The number of nitrogens with zero attached hydrogens (tertiary/aromatic N) is 3. The van der Waals surface area contributed by atoms with Crippen LogP contribution in [0, 0.1) is 5.92 Å². The van der Waals surface area contributed by atoms with Crippen LogP contribution in [-0.4, -0.2) is 39.3 Å². The molecule has 7 nitrogen and oxygen atoms in total. The Morgan fingerprint density at radius 3 is 3.00 bits per heavy atom. The summed E-state index contributed by atoms with van der Waals surface area (Å²) in [6, 6.07) is 5.29. The van der Waals surface area contributed by atoms with E-state index in [1.165, 1.54) is 28.3 Å². The lowest BCUT2D eigenvalue weighted by Gasteiger charge is -2.28. The Labute approximate surface area is 140 Å². The summed E-state index contributed by atoms with van der Waals surface area (Å²) in [6.07, 6.45) is 6.76. The van der Waals surface area contributed by atoms with Crippen molar-refractivity contribution in [3.05, 3.63) is 34.9 Å². The maximum Gasteiger partial charge on any atom is 0.350 e. The van der Waals surface area contributed by atoms with Crippen LogP contribution in [0.25, 0.3) is 5.65 Å². The van der Waals surface area contributed by atoms with Crippen LogP contribution in [0.3, 0.4) is 0 Å². The summed E-state index contributed by atoms with van der Waals surface area (Å²) < 4.78 is 8.46. The molecule has 2 atom stereocenters. The van der Waals surface area contributed by atoms with Gasteiger partial charge in [0.25, 0.3) is 0 Å². The van der Waals surface area contributed by atoms with Gasteiger partial charge < -0.3 is 10.1 Å². The number of nitrogens with one attached hydrogen (secondary N) is 1. The molecule has 1 saturated carbocycles. The Balaban J connectivity index is 1.45. The largest absolute Gasteiger partial charge is 0.376 e. The minimum Gasteiger partial charge on any atom is -0.376 e. The minimum absolute atomic E-state index is 0.0830. The zero-order chi connectivity index (χ0) is 16.9. The van der Waals surface area contributed by atoms with E-state index >= 15 is 0 Å². The second-order valence-electron chi connectivity index (χ2n) is 6.39. The van der Waals surface area contributed by atoms with E-state index in [0.29, 0.717) is 30.8 Å². The van der Waals surface area contributed by atoms with Gasteiger partial charge in [-0.2, -0.15) is 0 Å². The summed E-state index contributed by atoms with van der Waals surface area (Å²) in [5, 5.41) is 6.92. The second-order valence-corrected chi connectivity index (χ2v) is 6.39. The second kappa shape index (κ2) is 7.61. The van der Waals surface area contributed by atoms with Crippen molar-refractivity contribution in [1.29, 1.82) is 0 Å². The first-order chi connectivity index (χ1) is 11.6. The van der Waals surface area contributed by atoms with Gasteiger partial charge in [-0.15, -0.1) is 5.10 Å². The standard InChI is InChI=1S/C17H24N4O3/c1-13-6-2-3-7-14(13)24-11-9-18-16(22)12-21-17(23)20-10-5-4-8-15(20)19-21/h4-5,8,10,13-14H,2-3,6-7,9,11-12H2,1H3,(H,18,22)/t13-,14+/m0/s1. The van der Waals surface area contributed by atoms with Crippen molar-refractivity contribution in [1.82, 2.24) is 19.5 Å². The molecule has 0 bridgehead atoms. The van der Waals surface area contributed by atoms with Crippen molar-refractivity contribution in [3.63, 3.8) is 0 Å². The fourth-order valence-corrected chi connectivity index (χ4v) is 3.19. The number of hydrogen-bond donors (Lipinski definition) is 1.